The van der Waals surface area contributed by atoms with E-state index < -0.39 is 16.1 Å². The van der Waals surface area contributed by atoms with Gasteiger partial charge < -0.3 is 0 Å². The van der Waals surface area contributed by atoms with Gasteiger partial charge in [0.25, 0.3) is 0 Å². The second-order valence-electron chi connectivity index (χ2n) is 22.3. The van der Waals surface area contributed by atoms with Gasteiger partial charge in [-0.1, -0.05) is 233 Å². The van der Waals surface area contributed by atoms with Gasteiger partial charge in [-0.05, 0) is 146 Å². The molecule has 11 rings (SSSR count). The molecule has 0 bridgehead atoms. The Morgan fingerprint density at radius 2 is 0.652 bits per heavy atom. The average Bonchev–Trinajstić information content (AvgIpc) is 3.28. The molecule has 11 aromatic carbocycles. The second kappa shape index (κ2) is 15.1. The highest BCUT2D eigenvalue weighted by Crippen LogP contribution is 2.51. The first kappa shape index (κ1) is 42.3. The summed E-state index contributed by atoms with van der Waals surface area (Å²) in [7, 11) is -3.31. The molecule has 0 amide bonds. The summed E-state index contributed by atoms with van der Waals surface area (Å²) in [6.07, 6.45) is 0. The standard InChI is InChI=1S/C64H60Si2/c1-39-34-40(2)36-41(35-39)55-37-56(46-29-32-60(65(6,7)8)49-22-16-13-19-43(46)49)52-26-27-54-58(47-30-33-61(66(9,10)11)50-23-17-14-20-44(47)50)38-57(53-25-24-51(55)62(52)63(53)54)45-28-31-59(64(3,4)5)48-21-15-12-18-42(45)48/h12-38H,1-11H3. The van der Waals surface area contributed by atoms with Crippen molar-refractivity contribution < 1.29 is 0 Å². The van der Waals surface area contributed by atoms with Crippen LogP contribution in [0.1, 0.15) is 37.5 Å². The number of hydrogen-bond acceptors (Lipinski definition) is 0. The van der Waals surface area contributed by atoms with Gasteiger partial charge in [-0.3, -0.25) is 0 Å². The maximum absolute atomic E-state index is 2.55. The second-order valence-corrected chi connectivity index (χ2v) is 32.3. The van der Waals surface area contributed by atoms with Crippen LogP contribution in [0.25, 0.3) is 109 Å². The van der Waals surface area contributed by atoms with Crippen molar-refractivity contribution in [2.75, 3.05) is 0 Å². The Morgan fingerprint density at radius 3 is 1.06 bits per heavy atom. The van der Waals surface area contributed by atoms with Crippen molar-refractivity contribution >= 4 is 91.2 Å². The fourth-order valence-electron chi connectivity index (χ4n) is 11.6. The van der Waals surface area contributed by atoms with Crippen molar-refractivity contribution in [3.8, 4) is 44.5 Å². The molecular weight excluding hydrogens is 825 g/mol. The minimum absolute atomic E-state index is 0.00136. The Bertz CT molecular complexity index is 3630. The molecule has 11 aromatic rings. The summed E-state index contributed by atoms with van der Waals surface area (Å²) >= 11 is 0. The summed E-state index contributed by atoms with van der Waals surface area (Å²) in [5.74, 6) is 0. The molecule has 0 unspecified atom stereocenters. The molecule has 0 atom stereocenters. The van der Waals surface area contributed by atoms with Gasteiger partial charge in [0, 0.05) is 0 Å². The molecule has 66 heavy (non-hydrogen) atoms. The topological polar surface area (TPSA) is 0 Å². The zero-order chi connectivity index (χ0) is 46.0. The van der Waals surface area contributed by atoms with Crippen LogP contribution in [0.5, 0.6) is 0 Å². The first-order chi connectivity index (χ1) is 31.5. The van der Waals surface area contributed by atoms with E-state index >= 15 is 0 Å². The van der Waals surface area contributed by atoms with E-state index in [9.17, 15) is 0 Å². The number of rotatable bonds is 6. The lowest BCUT2D eigenvalue weighted by Crippen LogP contribution is -2.38. The van der Waals surface area contributed by atoms with Crippen molar-refractivity contribution in [2.24, 2.45) is 0 Å². The van der Waals surface area contributed by atoms with Crippen molar-refractivity contribution in [1.82, 2.24) is 0 Å². The predicted molar refractivity (Wildman–Crippen MR) is 299 cm³/mol. The van der Waals surface area contributed by atoms with Crippen molar-refractivity contribution in [3.63, 3.8) is 0 Å². The first-order valence-corrected chi connectivity index (χ1v) is 30.9. The maximum Gasteiger partial charge on any atom is 0.0784 e. The molecule has 0 N–H and O–H groups in total. The highest BCUT2D eigenvalue weighted by molar-refractivity contribution is 6.91. The van der Waals surface area contributed by atoms with Crippen molar-refractivity contribution in [3.05, 3.63) is 180 Å². The van der Waals surface area contributed by atoms with Gasteiger partial charge in [0.2, 0.25) is 0 Å². The molecular formula is C64H60Si2. The molecule has 0 aromatic heterocycles. The summed E-state index contributed by atoms with van der Waals surface area (Å²) in [6.45, 7) is 26.3. The number of benzene rings is 11. The van der Waals surface area contributed by atoms with Crippen LogP contribution in [-0.4, -0.2) is 16.1 Å². The summed E-state index contributed by atoms with van der Waals surface area (Å²) in [6, 6.07) is 64.1. The molecule has 0 saturated heterocycles. The molecule has 0 radical (unpaired) electrons. The molecule has 324 valence electrons. The lowest BCUT2D eigenvalue weighted by atomic mass is 9.79. The normalized spacial score (nSPS) is 12.8. The number of fused-ring (bicyclic) bond motifs is 3. The van der Waals surface area contributed by atoms with Gasteiger partial charge in [0.05, 0.1) is 16.1 Å². The third-order valence-corrected chi connectivity index (χ3v) is 18.6. The molecule has 0 saturated carbocycles. The van der Waals surface area contributed by atoms with E-state index in [1.165, 1.54) is 136 Å². The van der Waals surface area contributed by atoms with Crippen LogP contribution in [0.2, 0.25) is 39.3 Å². The van der Waals surface area contributed by atoms with Crippen LogP contribution in [0.3, 0.4) is 0 Å². The Kier molecular flexibility index (Phi) is 9.68. The molecule has 0 aliphatic heterocycles. The predicted octanol–water partition coefficient (Wildman–Crippen LogP) is 17.7. The summed E-state index contributed by atoms with van der Waals surface area (Å²) in [5.41, 5.74) is 14.2. The summed E-state index contributed by atoms with van der Waals surface area (Å²) in [4.78, 5) is 0. The van der Waals surface area contributed by atoms with Crippen LogP contribution in [0, 0.1) is 13.8 Å². The number of hydrogen-bond donors (Lipinski definition) is 0. The average molecular weight is 885 g/mol. The molecule has 0 aliphatic rings. The maximum atomic E-state index is 2.55. The van der Waals surface area contributed by atoms with Gasteiger partial charge in [-0.25, -0.2) is 0 Å². The van der Waals surface area contributed by atoms with Gasteiger partial charge in [-0.2, -0.15) is 0 Å². The van der Waals surface area contributed by atoms with Crippen LogP contribution >= 0.6 is 0 Å². The fourth-order valence-corrected chi connectivity index (χ4v) is 14.8. The van der Waals surface area contributed by atoms with Crippen molar-refractivity contribution in [1.29, 1.82) is 0 Å². The Balaban J connectivity index is 1.35. The quantitative estimate of drug-likeness (QED) is 0.115. The molecule has 0 spiro atoms. The zero-order valence-corrected chi connectivity index (χ0v) is 42.6. The summed E-state index contributed by atoms with van der Waals surface area (Å²) in [5, 5.41) is 19.0. The lowest BCUT2D eigenvalue weighted by molar-refractivity contribution is 0.596. The van der Waals surface area contributed by atoms with Crippen LogP contribution in [-0.2, 0) is 5.41 Å². The molecule has 0 fully saturated rings. The van der Waals surface area contributed by atoms with Crippen LogP contribution in [0.4, 0.5) is 0 Å². The SMILES string of the molecule is Cc1cc(C)cc(-c2cc(-c3ccc([Si](C)(C)C)c4ccccc34)c3ccc4c(-c5ccc([Si](C)(C)C)c6ccccc56)cc(-c5ccc(C(C)(C)C)c6ccccc56)c5ccc2c3c54)c1. The van der Waals surface area contributed by atoms with Gasteiger partial charge >= 0.3 is 0 Å². The zero-order valence-electron chi connectivity index (χ0n) is 40.6. The Hall–Kier alpha value is -6.33. The largest absolute Gasteiger partial charge is 0.0784 e. The van der Waals surface area contributed by atoms with Gasteiger partial charge in [0.1, 0.15) is 0 Å². The monoisotopic (exact) mass is 884 g/mol. The first-order valence-electron chi connectivity index (χ1n) is 23.9. The Morgan fingerprint density at radius 1 is 0.303 bits per heavy atom. The van der Waals surface area contributed by atoms with E-state index in [0.717, 1.165) is 0 Å². The minimum atomic E-state index is -1.66. The minimum Gasteiger partial charge on any atom is -0.0656 e. The highest BCUT2D eigenvalue weighted by Gasteiger charge is 2.27. The van der Waals surface area contributed by atoms with E-state index in [1.807, 2.05) is 0 Å². The fraction of sp³-hybridized carbons (Fsp3) is 0.188. The Labute approximate surface area is 393 Å². The molecule has 0 aliphatic carbocycles. The molecule has 0 heterocycles. The van der Waals surface area contributed by atoms with E-state index in [0.29, 0.717) is 0 Å². The van der Waals surface area contributed by atoms with Crippen molar-refractivity contribution in [2.45, 2.75) is 79.3 Å². The van der Waals surface area contributed by atoms with Crippen LogP contribution in [0.15, 0.2) is 164 Å². The summed E-state index contributed by atoms with van der Waals surface area (Å²) < 4.78 is 0. The highest BCUT2D eigenvalue weighted by atomic mass is 28.3. The van der Waals surface area contributed by atoms with Crippen LogP contribution < -0.4 is 10.4 Å². The van der Waals surface area contributed by atoms with Gasteiger partial charge in [0.15, 0.2) is 0 Å². The number of aryl methyl sites for hydroxylation is 2. The lowest BCUT2D eigenvalue weighted by Gasteiger charge is -2.25. The third kappa shape index (κ3) is 6.75. The molecule has 2 heteroatoms. The van der Waals surface area contributed by atoms with E-state index in [1.54, 1.807) is 0 Å². The van der Waals surface area contributed by atoms with E-state index in [-0.39, 0.29) is 5.41 Å². The van der Waals surface area contributed by atoms with E-state index in [4.69, 9.17) is 0 Å². The van der Waals surface area contributed by atoms with Gasteiger partial charge in [-0.15, -0.1) is 0 Å². The molecule has 0 nitrogen and oxygen atoms in total. The third-order valence-electron chi connectivity index (χ3n) is 14.5. The van der Waals surface area contributed by atoms with E-state index in [2.05, 4.69) is 238 Å². The smallest absolute Gasteiger partial charge is 0.0656 e.